The molecule has 4 heterocycles. The highest BCUT2D eigenvalue weighted by molar-refractivity contribution is 5.24. The molecule has 5 rings (SSSR count). The molecule has 0 radical (unpaired) electrons. The summed E-state index contributed by atoms with van der Waals surface area (Å²) >= 11 is 0. The topological polar surface area (TPSA) is 72.9 Å². The monoisotopic (exact) mass is 336 g/mol. The fraction of sp³-hybridized carbons (Fsp3) is 0.444. The number of aromatic nitrogens is 5. The van der Waals surface area contributed by atoms with Crippen molar-refractivity contribution in [3.63, 3.8) is 0 Å². The number of nitrogens with zero attached hydrogens (tertiary/aromatic N) is 6. The van der Waals surface area contributed by atoms with Crippen molar-refractivity contribution in [3.05, 3.63) is 60.0 Å². The maximum absolute atomic E-state index is 5.46. The van der Waals surface area contributed by atoms with E-state index >= 15 is 0 Å². The second-order valence-electron chi connectivity index (χ2n) is 6.82. The second kappa shape index (κ2) is 6.07. The summed E-state index contributed by atoms with van der Waals surface area (Å²) in [6, 6.07) is 11.7. The van der Waals surface area contributed by atoms with Gasteiger partial charge >= 0.3 is 0 Å². The van der Waals surface area contributed by atoms with Gasteiger partial charge in [0.25, 0.3) is 0 Å². The molecule has 0 aliphatic carbocycles. The zero-order valence-electron chi connectivity index (χ0n) is 13.9. The van der Waals surface area contributed by atoms with Crippen LogP contribution in [0.4, 0.5) is 0 Å². The SMILES string of the molecule is c1ccc([C@@H]2C[C@H](c3noc(Cn4nccn4)n3)[C@H]3CCCN32)cc1. The lowest BCUT2D eigenvalue weighted by molar-refractivity contribution is 0.243. The van der Waals surface area contributed by atoms with Crippen molar-refractivity contribution in [1.82, 2.24) is 30.0 Å². The minimum absolute atomic E-state index is 0.329. The molecule has 0 spiro atoms. The van der Waals surface area contributed by atoms with Crippen molar-refractivity contribution >= 4 is 0 Å². The Kier molecular flexibility index (Phi) is 3.59. The fourth-order valence-electron chi connectivity index (χ4n) is 4.38. The van der Waals surface area contributed by atoms with Crippen LogP contribution in [0.2, 0.25) is 0 Å². The van der Waals surface area contributed by atoms with Gasteiger partial charge in [-0.15, -0.1) is 0 Å². The summed E-state index contributed by atoms with van der Waals surface area (Å²) in [5, 5.41) is 12.5. The molecule has 2 fully saturated rings. The molecule has 7 heteroatoms. The number of hydrogen-bond acceptors (Lipinski definition) is 6. The summed E-state index contributed by atoms with van der Waals surface area (Å²) in [4.78, 5) is 8.84. The summed E-state index contributed by atoms with van der Waals surface area (Å²) in [5.41, 5.74) is 1.39. The average Bonchev–Trinajstić information content (AvgIpc) is 3.41. The van der Waals surface area contributed by atoms with Crippen LogP contribution in [0.1, 0.15) is 48.5 Å². The normalized spacial score (nSPS) is 26.2. The molecule has 0 N–H and O–H groups in total. The highest BCUT2D eigenvalue weighted by Crippen LogP contribution is 2.48. The largest absolute Gasteiger partial charge is 0.337 e. The van der Waals surface area contributed by atoms with Crippen molar-refractivity contribution in [1.29, 1.82) is 0 Å². The first kappa shape index (κ1) is 14.8. The van der Waals surface area contributed by atoms with Gasteiger partial charge in [-0.2, -0.15) is 20.0 Å². The molecule has 3 atom stereocenters. The smallest absolute Gasteiger partial charge is 0.250 e. The highest BCUT2D eigenvalue weighted by Gasteiger charge is 2.46. The van der Waals surface area contributed by atoms with Crippen molar-refractivity contribution in [2.24, 2.45) is 0 Å². The molecular weight excluding hydrogens is 316 g/mol. The first-order valence-corrected chi connectivity index (χ1v) is 8.86. The predicted molar refractivity (Wildman–Crippen MR) is 89.7 cm³/mol. The molecule has 0 saturated carbocycles. The lowest BCUT2D eigenvalue weighted by atomic mass is 9.94. The van der Waals surface area contributed by atoms with Gasteiger partial charge in [-0.1, -0.05) is 35.5 Å². The lowest BCUT2D eigenvalue weighted by Gasteiger charge is -2.24. The Bertz CT molecular complexity index is 830. The summed E-state index contributed by atoms with van der Waals surface area (Å²) < 4.78 is 5.46. The van der Waals surface area contributed by atoms with Crippen LogP contribution in [0.25, 0.3) is 0 Å². The Hall–Kier alpha value is -2.54. The summed E-state index contributed by atoms with van der Waals surface area (Å²) in [7, 11) is 0. The number of fused-ring (bicyclic) bond motifs is 1. The van der Waals surface area contributed by atoms with E-state index in [0.717, 1.165) is 18.8 Å². The van der Waals surface area contributed by atoms with Crippen LogP contribution in [-0.4, -0.2) is 42.6 Å². The zero-order chi connectivity index (χ0) is 16.6. The van der Waals surface area contributed by atoms with E-state index in [9.17, 15) is 0 Å². The van der Waals surface area contributed by atoms with E-state index in [0.29, 0.717) is 30.4 Å². The molecule has 2 aliphatic heterocycles. The van der Waals surface area contributed by atoms with Gasteiger partial charge in [-0.05, 0) is 31.4 Å². The third-order valence-corrected chi connectivity index (χ3v) is 5.43. The first-order chi connectivity index (χ1) is 12.4. The predicted octanol–water partition coefficient (Wildman–Crippen LogP) is 2.40. The molecule has 0 amide bonds. The highest BCUT2D eigenvalue weighted by atomic mass is 16.5. The molecule has 2 saturated heterocycles. The van der Waals surface area contributed by atoms with Crippen LogP contribution in [0, 0.1) is 0 Å². The minimum atomic E-state index is 0.329. The maximum Gasteiger partial charge on any atom is 0.250 e. The van der Waals surface area contributed by atoms with Crippen LogP contribution in [0.15, 0.2) is 47.2 Å². The summed E-state index contributed by atoms with van der Waals surface area (Å²) in [6.07, 6.45) is 6.79. The van der Waals surface area contributed by atoms with E-state index in [2.05, 4.69) is 55.6 Å². The van der Waals surface area contributed by atoms with E-state index in [1.807, 2.05) is 0 Å². The van der Waals surface area contributed by atoms with Gasteiger partial charge in [-0.25, -0.2) is 0 Å². The van der Waals surface area contributed by atoms with Crippen LogP contribution in [0.3, 0.4) is 0 Å². The molecule has 7 nitrogen and oxygen atoms in total. The first-order valence-electron chi connectivity index (χ1n) is 8.86. The number of hydrogen-bond donors (Lipinski definition) is 0. The Morgan fingerprint density at radius 1 is 1.12 bits per heavy atom. The van der Waals surface area contributed by atoms with Gasteiger partial charge in [0.05, 0.1) is 12.4 Å². The Morgan fingerprint density at radius 2 is 1.96 bits per heavy atom. The Balaban J connectivity index is 1.39. The van der Waals surface area contributed by atoms with Gasteiger partial charge in [0.1, 0.15) is 6.54 Å². The van der Waals surface area contributed by atoms with Gasteiger partial charge < -0.3 is 4.52 Å². The van der Waals surface area contributed by atoms with E-state index in [4.69, 9.17) is 4.52 Å². The van der Waals surface area contributed by atoms with Crippen LogP contribution in [-0.2, 0) is 6.54 Å². The third kappa shape index (κ3) is 2.64. The van der Waals surface area contributed by atoms with Crippen molar-refractivity contribution in [3.8, 4) is 0 Å². The zero-order valence-corrected chi connectivity index (χ0v) is 13.9. The van der Waals surface area contributed by atoms with E-state index in [1.54, 1.807) is 17.2 Å². The standard InChI is InChI=1S/C18H20N6O/c1-2-5-13(6-3-1)16-11-14(15-7-4-10-23(15)16)18-21-17(25-22-18)12-24-19-8-9-20-24/h1-3,5-6,8-9,14-16H,4,7,10-12H2/t14-,15+,16-/m0/s1. The number of benzene rings is 1. The molecule has 1 aromatic carbocycles. The van der Waals surface area contributed by atoms with Gasteiger partial charge in [0.15, 0.2) is 5.82 Å². The maximum atomic E-state index is 5.46. The van der Waals surface area contributed by atoms with E-state index in [-0.39, 0.29) is 0 Å². The molecule has 3 aromatic rings. The molecule has 2 aromatic heterocycles. The lowest BCUT2D eigenvalue weighted by Crippen LogP contribution is -2.27. The van der Waals surface area contributed by atoms with E-state index < -0.39 is 0 Å². The van der Waals surface area contributed by atoms with E-state index in [1.165, 1.54) is 18.4 Å². The van der Waals surface area contributed by atoms with Gasteiger partial charge in [0, 0.05) is 18.0 Å². The van der Waals surface area contributed by atoms with Crippen LogP contribution < -0.4 is 0 Å². The molecular formula is C18H20N6O. The van der Waals surface area contributed by atoms with Gasteiger partial charge in [-0.3, -0.25) is 4.90 Å². The van der Waals surface area contributed by atoms with Crippen LogP contribution >= 0.6 is 0 Å². The number of rotatable bonds is 4. The second-order valence-corrected chi connectivity index (χ2v) is 6.82. The van der Waals surface area contributed by atoms with Crippen molar-refractivity contribution < 1.29 is 4.52 Å². The van der Waals surface area contributed by atoms with Crippen LogP contribution in [0.5, 0.6) is 0 Å². The quantitative estimate of drug-likeness (QED) is 0.728. The molecule has 25 heavy (non-hydrogen) atoms. The third-order valence-electron chi connectivity index (χ3n) is 5.43. The Labute approximate surface area is 145 Å². The summed E-state index contributed by atoms with van der Waals surface area (Å²) in [6.45, 7) is 1.58. The molecule has 2 aliphatic rings. The minimum Gasteiger partial charge on any atom is -0.337 e. The van der Waals surface area contributed by atoms with Crippen molar-refractivity contribution in [2.45, 2.75) is 43.8 Å². The van der Waals surface area contributed by atoms with Crippen molar-refractivity contribution in [2.75, 3.05) is 6.54 Å². The van der Waals surface area contributed by atoms with Gasteiger partial charge in [0.2, 0.25) is 5.89 Å². The molecule has 0 unspecified atom stereocenters. The molecule has 128 valence electrons. The molecule has 0 bridgehead atoms. The average molecular weight is 336 g/mol. The Morgan fingerprint density at radius 3 is 2.80 bits per heavy atom. The summed E-state index contributed by atoms with van der Waals surface area (Å²) in [5.74, 6) is 1.73. The fourth-order valence-corrected chi connectivity index (χ4v) is 4.38.